The van der Waals surface area contributed by atoms with Crippen LogP contribution in [0.5, 0.6) is 0 Å². The number of imide groups is 1. The summed E-state index contributed by atoms with van der Waals surface area (Å²) in [6, 6.07) is -0.365. The predicted octanol–water partition coefficient (Wildman–Crippen LogP) is 0.105. The molecule has 2 amide bonds. The molecule has 4 nitrogen and oxygen atoms in total. The maximum absolute atomic E-state index is 11.5. The molecular weight excluding hydrogens is 202 g/mol. The van der Waals surface area contributed by atoms with Gasteiger partial charge >= 0.3 is 0 Å². The van der Waals surface area contributed by atoms with E-state index in [4.69, 9.17) is 5.11 Å². The standard InChI is InChI=1S/C9H15NO3S/c1-6(2)7(3-11)10-8(12)4-14-5-9(10)13/h6-7,11H,3-5H2,1-2H3. The fourth-order valence-electron chi connectivity index (χ4n) is 1.46. The number of carbonyl (C=O) groups is 2. The summed E-state index contributed by atoms with van der Waals surface area (Å²) in [5, 5.41) is 9.13. The second kappa shape index (κ2) is 4.79. The molecule has 1 N–H and O–H groups in total. The fraction of sp³-hybridized carbons (Fsp3) is 0.778. The summed E-state index contributed by atoms with van der Waals surface area (Å²) < 4.78 is 0. The molecule has 0 aromatic heterocycles. The highest BCUT2D eigenvalue weighted by molar-refractivity contribution is 8.00. The lowest BCUT2D eigenvalue weighted by atomic mass is 10.0. The Hall–Kier alpha value is -0.550. The van der Waals surface area contributed by atoms with Gasteiger partial charge in [0.15, 0.2) is 0 Å². The number of nitrogens with zero attached hydrogens (tertiary/aromatic N) is 1. The highest BCUT2D eigenvalue weighted by Gasteiger charge is 2.33. The molecule has 1 aliphatic rings. The molecule has 0 aliphatic carbocycles. The number of aliphatic hydroxyl groups excluding tert-OH is 1. The molecular formula is C9H15NO3S. The molecule has 0 saturated carbocycles. The second-order valence-corrected chi connectivity index (χ2v) is 4.63. The molecule has 1 fully saturated rings. The molecule has 1 saturated heterocycles. The van der Waals surface area contributed by atoms with Crippen LogP contribution in [0.15, 0.2) is 0 Å². The summed E-state index contributed by atoms with van der Waals surface area (Å²) in [5.41, 5.74) is 0. The Balaban J connectivity index is 2.80. The molecule has 14 heavy (non-hydrogen) atoms. The van der Waals surface area contributed by atoms with Gasteiger partial charge in [-0.3, -0.25) is 14.5 Å². The van der Waals surface area contributed by atoms with Crippen LogP contribution in [0.1, 0.15) is 13.8 Å². The number of aliphatic hydroxyl groups is 1. The molecule has 5 heteroatoms. The Labute approximate surface area is 87.7 Å². The molecule has 80 valence electrons. The summed E-state index contributed by atoms with van der Waals surface area (Å²) in [5.74, 6) is 0.415. The van der Waals surface area contributed by atoms with Gasteiger partial charge in [0, 0.05) is 0 Å². The molecule has 0 spiro atoms. The van der Waals surface area contributed by atoms with E-state index in [-0.39, 0.29) is 30.4 Å². The van der Waals surface area contributed by atoms with Crippen molar-refractivity contribution < 1.29 is 14.7 Å². The van der Waals surface area contributed by atoms with Crippen LogP contribution < -0.4 is 0 Å². The van der Waals surface area contributed by atoms with E-state index in [0.29, 0.717) is 11.5 Å². The van der Waals surface area contributed by atoms with E-state index in [2.05, 4.69) is 0 Å². The smallest absolute Gasteiger partial charge is 0.239 e. The summed E-state index contributed by atoms with van der Waals surface area (Å²) in [6.45, 7) is 3.63. The predicted molar refractivity (Wildman–Crippen MR) is 54.9 cm³/mol. The molecule has 0 bridgehead atoms. The lowest BCUT2D eigenvalue weighted by Crippen LogP contribution is -2.52. The van der Waals surface area contributed by atoms with Crippen molar-refractivity contribution in [1.29, 1.82) is 0 Å². The van der Waals surface area contributed by atoms with Crippen molar-refractivity contribution in [1.82, 2.24) is 4.90 Å². The molecule has 1 atom stereocenters. The SMILES string of the molecule is CC(C)C(CO)N1C(=O)CSCC1=O. The highest BCUT2D eigenvalue weighted by Crippen LogP contribution is 2.18. The zero-order valence-corrected chi connectivity index (χ0v) is 9.21. The van der Waals surface area contributed by atoms with E-state index in [0.717, 1.165) is 0 Å². The molecule has 0 aromatic carbocycles. The number of hydrogen-bond acceptors (Lipinski definition) is 4. The summed E-state index contributed by atoms with van der Waals surface area (Å²) in [4.78, 5) is 24.2. The van der Waals surface area contributed by atoms with Gasteiger partial charge < -0.3 is 5.11 Å². The molecule has 1 aliphatic heterocycles. The van der Waals surface area contributed by atoms with Crippen molar-refractivity contribution >= 4 is 23.6 Å². The number of carbonyl (C=O) groups excluding carboxylic acids is 2. The summed E-state index contributed by atoms with van der Waals surface area (Å²) in [7, 11) is 0. The Morgan fingerprint density at radius 3 is 2.21 bits per heavy atom. The molecule has 0 radical (unpaired) electrons. The van der Waals surface area contributed by atoms with Crippen LogP contribution in [-0.2, 0) is 9.59 Å². The lowest BCUT2D eigenvalue weighted by Gasteiger charge is -2.33. The van der Waals surface area contributed by atoms with Crippen molar-refractivity contribution in [2.45, 2.75) is 19.9 Å². The van der Waals surface area contributed by atoms with Crippen LogP contribution in [0.25, 0.3) is 0 Å². The molecule has 1 rings (SSSR count). The van der Waals surface area contributed by atoms with Gasteiger partial charge in [0.2, 0.25) is 11.8 Å². The van der Waals surface area contributed by atoms with Crippen molar-refractivity contribution in [3.05, 3.63) is 0 Å². The van der Waals surface area contributed by atoms with E-state index < -0.39 is 0 Å². The third-order valence-corrected chi connectivity index (χ3v) is 3.18. The minimum atomic E-state index is -0.365. The minimum Gasteiger partial charge on any atom is -0.394 e. The number of amides is 2. The van der Waals surface area contributed by atoms with E-state index >= 15 is 0 Å². The fourth-order valence-corrected chi connectivity index (χ4v) is 2.19. The van der Waals surface area contributed by atoms with Crippen LogP contribution >= 0.6 is 11.8 Å². The van der Waals surface area contributed by atoms with E-state index in [1.807, 2.05) is 13.8 Å². The van der Waals surface area contributed by atoms with E-state index in [1.54, 1.807) is 0 Å². The lowest BCUT2D eigenvalue weighted by molar-refractivity contribution is -0.147. The van der Waals surface area contributed by atoms with E-state index in [9.17, 15) is 9.59 Å². The van der Waals surface area contributed by atoms with Gasteiger partial charge in [-0.05, 0) is 5.92 Å². The van der Waals surface area contributed by atoms with Gasteiger partial charge in [-0.25, -0.2) is 0 Å². The Morgan fingerprint density at radius 2 is 1.86 bits per heavy atom. The maximum Gasteiger partial charge on any atom is 0.239 e. The van der Waals surface area contributed by atoms with Gasteiger partial charge in [-0.15, -0.1) is 11.8 Å². The zero-order chi connectivity index (χ0) is 10.7. The van der Waals surface area contributed by atoms with Gasteiger partial charge in [-0.2, -0.15) is 0 Å². The van der Waals surface area contributed by atoms with Crippen LogP contribution in [-0.4, -0.2) is 46.0 Å². The first kappa shape index (κ1) is 11.5. The third kappa shape index (κ3) is 2.27. The first-order valence-electron chi connectivity index (χ1n) is 4.61. The van der Waals surface area contributed by atoms with Crippen molar-refractivity contribution in [2.24, 2.45) is 5.92 Å². The van der Waals surface area contributed by atoms with Crippen molar-refractivity contribution in [2.75, 3.05) is 18.1 Å². The average molecular weight is 217 g/mol. The molecule has 1 unspecified atom stereocenters. The number of thioether (sulfide) groups is 1. The van der Waals surface area contributed by atoms with Crippen molar-refractivity contribution in [3.8, 4) is 0 Å². The van der Waals surface area contributed by atoms with Gasteiger partial charge in [0.1, 0.15) is 0 Å². The number of hydrogen-bond donors (Lipinski definition) is 1. The van der Waals surface area contributed by atoms with Crippen LogP contribution in [0.4, 0.5) is 0 Å². The summed E-state index contributed by atoms with van der Waals surface area (Å²) in [6.07, 6.45) is 0. The summed E-state index contributed by atoms with van der Waals surface area (Å²) >= 11 is 1.33. The average Bonchev–Trinajstić information content (AvgIpc) is 2.10. The van der Waals surface area contributed by atoms with Crippen LogP contribution in [0, 0.1) is 5.92 Å². The topological polar surface area (TPSA) is 57.6 Å². The quantitative estimate of drug-likeness (QED) is 0.681. The second-order valence-electron chi connectivity index (χ2n) is 3.64. The normalized spacial score (nSPS) is 20.4. The zero-order valence-electron chi connectivity index (χ0n) is 8.40. The van der Waals surface area contributed by atoms with Crippen LogP contribution in [0.3, 0.4) is 0 Å². The Kier molecular flexibility index (Phi) is 3.95. The maximum atomic E-state index is 11.5. The van der Waals surface area contributed by atoms with Crippen LogP contribution in [0.2, 0.25) is 0 Å². The Morgan fingerprint density at radius 1 is 1.36 bits per heavy atom. The van der Waals surface area contributed by atoms with Crippen molar-refractivity contribution in [3.63, 3.8) is 0 Å². The van der Waals surface area contributed by atoms with E-state index in [1.165, 1.54) is 16.7 Å². The van der Waals surface area contributed by atoms with Gasteiger partial charge in [-0.1, -0.05) is 13.8 Å². The third-order valence-electron chi connectivity index (χ3n) is 2.28. The Bertz CT molecular complexity index is 226. The number of rotatable bonds is 3. The van der Waals surface area contributed by atoms with Gasteiger partial charge in [0.05, 0.1) is 24.2 Å². The highest BCUT2D eigenvalue weighted by atomic mass is 32.2. The van der Waals surface area contributed by atoms with Gasteiger partial charge in [0.25, 0.3) is 0 Å². The molecule has 0 aromatic rings. The monoisotopic (exact) mass is 217 g/mol. The first-order chi connectivity index (χ1) is 6.57. The minimum absolute atomic E-state index is 0.0935. The largest absolute Gasteiger partial charge is 0.394 e. The molecule has 1 heterocycles. The first-order valence-corrected chi connectivity index (χ1v) is 5.77.